The van der Waals surface area contributed by atoms with E-state index in [4.69, 9.17) is 5.11 Å². The van der Waals surface area contributed by atoms with Crippen LogP contribution in [-0.2, 0) is 32.6 Å². The Morgan fingerprint density at radius 2 is 2.04 bits per heavy atom. The molecule has 0 atom stereocenters. The molecule has 0 amide bonds. The Morgan fingerprint density at radius 1 is 1.39 bits per heavy atom. The number of rotatable bonds is 5. The molecule has 0 aromatic carbocycles. The summed E-state index contributed by atoms with van der Waals surface area (Å²) in [6.07, 6.45) is 1.21. The van der Waals surface area contributed by atoms with E-state index in [-0.39, 0.29) is 25.2 Å². The zero-order valence-electron chi connectivity index (χ0n) is 13.1. The molecule has 0 unspecified atom stereocenters. The van der Waals surface area contributed by atoms with Gasteiger partial charge in [-0.1, -0.05) is 0 Å². The van der Waals surface area contributed by atoms with Crippen molar-refractivity contribution < 1.29 is 27.9 Å². The van der Waals surface area contributed by atoms with E-state index in [9.17, 15) is 18.0 Å². The van der Waals surface area contributed by atoms with E-state index in [1.807, 2.05) is 0 Å². The molecule has 0 saturated heterocycles. The molecule has 0 bridgehead atoms. The van der Waals surface area contributed by atoms with Crippen molar-refractivity contribution in [3.63, 3.8) is 0 Å². The van der Waals surface area contributed by atoms with Gasteiger partial charge in [0.15, 0.2) is 0 Å². The number of hydrogen-bond acceptors (Lipinski definition) is 6. The molecular weight excluding hydrogens is 326 g/mol. The van der Waals surface area contributed by atoms with Crippen LogP contribution in [0.3, 0.4) is 0 Å². The first-order chi connectivity index (χ1) is 10.6. The third-order valence-corrected chi connectivity index (χ3v) is 5.93. The molecule has 0 saturated carbocycles. The van der Waals surface area contributed by atoms with E-state index in [0.717, 1.165) is 0 Å². The van der Waals surface area contributed by atoms with Crippen molar-refractivity contribution in [3.05, 3.63) is 17.5 Å². The highest BCUT2D eigenvalue weighted by molar-refractivity contribution is 7.89. The van der Waals surface area contributed by atoms with Gasteiger partial charge in [-0.05, 0) is 13.8 Å². The molecule has 0 spiro atoms. The second kappa shape index (κ2) is 5.93. The normalized spacial score (nSPS) is 16.0. The van der Waals surface area contributed by atoms with Crippen LogP contribution < -0.4 is 0 Å². The summed E-state index contributed by atoms with van der Waals surface area (Å²) in [6, 6.07) is 0. The van der Waals surface area contributed by atoms with E-state index < -0.39 is 33.1 Å². The molecule has 1 aliphatic heterocycles. The highest BCUT2D eigenvalue weighted by Crippen LogP contribution is 2.25. The van der Waals surface area contributed by atoms with E-state index in [2.05, 4.69) is 9.84 Å². The number of aromatic nitrogens is 2. The van der Waals surface area contributed by atoms with Crippen LogP contribution in [0.15, 0.2) is 6.20 Å². The average Bonchev–Trinajstić information content (AvgIpc) is 2.88. The Kier molecular flexibility index (Phi) is 4.49. The maximum Gasteiger partial charge on any atom is 0.339 e. The summed E-state index contributed by atoms with van der Waals surface area (Å²) < 4.78 is 32.4. The monoisotopic (exact) mass is 345 g/mol. The molecule has 0 aliphatic carbocycles. The predicted octanol–water partition coefficient (Wildman–Crippen LogP) is -0.0741. The molecular formula is C13H19N3O6S. The number of aromatic carboxylic acids is 1. The lowest BCUT2D eigenvalue weighted by molar-refractivity contribution is -0.149. The fourth-order valence-corrected chi connectivity index (χ4v) is 4.41. The highest BCUT2D eigenvalue weighted by atomic mass is 32.2. The number of fused-ring (bicyclic) bond motifs is 1. The van der Waals surface area contributed by atoms with E-state index >= 15 is 0 Å². The molecule has 9 nitrogen and oxygen atoms in total. The maximum absolute atomic E-state index is 12.6. The van der Waals surface area contributed by atoms with Crippen LogP contribution in [0.2, 0.25) is 0 Å². The summed E-state index contributed by atoms with van der Waals surface area (Å²) in [4.78, 5) is 22.9. The van der Waals surface area contributed by atoms with Crippen molar-refractivity contribution in [2.75, 3.05) is 19.4 Å². The van der Waals surface area contributed by atoms with E-state index in [1.165, 1.54) is 36.1 Å². The smallest absolute Gasteiger partial charge is 0.339 e. The first-order valence-electron chi connectivity index (χ1n) is 6.93. The lowest BCUT2D eigenvalue weighted by Gasteiger charge is -2.30. The first-order valence-corrected chi connectivity index (χ1v) is 8.53. The molecule has 2 heterocycles. The Hall–Kier alpha value is -1.94. The van der Waals surface area contributed by atoms with E-state index in [1.54, 1.807) is 0 Å². The van der Waals surface area contributed by atoms with Gasteiger partial charge in [-0.25, -0.2) is 13.2 Å². The standard InChI is InChI=1S/C13H19N3O6S/c1-13(2,12(19)22-3)8-23(20,21)15-4-5-16-10(7-15)9(6-14-16)11(17)18/h6H,4-5,7-8H2,1-3H3,(H,17,18). The topological polar surface area (TPSA) is 119 Å². The number of esters is 1. The first kappa shape index (κ1) is 17.4. The van der Waals surface area contributed by atoms with Gasteiger partial charge in [-0.2, -0.15) is 9.40 Å². The van der Waals surface area contributed by atoms with Crippen LogP contribution in [-0.4, -0.2) is 59.0 Å². The lowest BCUT2D eigenvalue weighted by Crippen LogP contribution is -2.44. The van der Waals surface area contributed by atoms with Crippen LogP contribution in [0, 0.1) is 5.41 Å². The fourth-order valence-electron chi connectivity index (χ4n) is 2.52. The number of nitrogens with zero attached hydrogens (tertiary/aromatic N) is 3. The van der Waals surface area contributed by atoms with Crippen LogP contribution in [0.1, 0.15) is 29.9 Å². The third-order valence-electron chi connectivity index (χ3n) is 3.74. The summed E-state index contributed by atoms with van der Waals surface area (Å²) in [5, 5.41) is 13.1. The Bertz CT molecular complexity index is 737. The largest absolute Gasteiger partial charge is 0.478 e. The van der Waals surface area contributed by atoms with Gasteiger partial charge in [0.1, 0.15) is 5.56 Å². The molecule has 2 rings (SSSR count). The average molecular weight is 345 g/mol. The third kappa shape index (κ3) is 3.37. The fraction of sp³-hybridized carbons (Fsp3) is 0.615. The van der Waals surface area contributed by atoms with Gasteiger partial charge >= 0.3 is 11.9 Å². The van der Waals surface area contributed by atoms with Crippen molar-refractivity contribution in [1.82, 2.24) is 14.1 Å². The number of carboxylic acids is 1. The molecule has 1 aromatic rings. The maximum atomic E-state index is 12.6. The molecule has 1 aromatic heterocycles. The zero-order chi connectivity index (χ0) is 17.4. The molecule has 10 heteroatoms. The van der Waals surface area contributed by atoms with Crippen LogP contribution in [0.5, 0.6) is 0 Å². The SMILES string of the molecule is COC(=O)C(C)(C)CS(=O)(=O)N1CCn2ncc(C(=O)O)c2C1. The van der Waals surface area contributed by atoms with E-state index in [0.29, 0.717) is 5.69 Å². The lowest BCUT2D eigenvalue weighted by atomic mass is 9.97. The minimum Gasteiger partial charge on any atom is -0.478 e. The van der Waals surface area contributed by atoms with Crippen molar-refractivity contribution in [2.45, 2.75) is 26.9 Å². The number of sulfonamides is 1. The van der Waals surface area contributed by atoms with Gasteiger partial charge in [0.25, 0.3) is 0 Å². The van der Waals surface area contributed by atoms with Crippen LogP contribution in [0.4, 0.5) is 0 Å². The van der Waals surface area contributed by atoms with Crippen molar-refractivity contribution in [1.29, 1.82) is 0 Å². The molecule has 23 heavy (non-hydrogen) atoms. The second-order valence-corrected chi connectivity index (χ2v) is 7.97. The summed E-state index contributed by atoms with van der Waals surface area (Å²) in [5.41, 5.74) is -0.874. The summed E-state index contributed by atoms with van der Waals surface area (Å²) in [6.45, 7) is 3.34. The predicted molar refractivity (Wildman–Crippen MR) is 79.2 cm³/mol. The summed E-state index contributed by atoms with van der Waals surface area (Å²) in [5.74, 6) is -2.18. The number of ether oxygens (including phenoxy) is 1. The van der Waals surface area contributed by atoms with Gasteiger partial charge in [-0.3, -0.25) is 9.48 Å². The van der Waals surface area contributed by atoms with Gasteiger partial charge in [-0.15, -0.1) is 0 Å². The zero-order valence-corrected chi connectivity index (χ0v) is 14.0. The molecule has 0 fully saturated rings. The molecule has 128 valence electrons. The van der Waals surface area contributed by atoms with Crippen molar-refractivity contribution in [2.24, 2.45) is 5.41 Å². The van der Waals surface area contributed by atoms with Gasteiger partial charge in [0.2, 0.25) is 10.0 Å². The van der Waals surface area contributed by atoms with Crippen molar-refractivity contribution >= 4 is 22.0 Å². The Balaban J connectivity index is 2.24. The molecule has 1 N–H and O–H groups in total. The Morgan fingerprint density at radius 3 is 2.61 bits per heavy atom. The quantitative estimate of drug-likeness (QED) is 0.742. The minimum atomic E-state index is -3.76. The molecule has 1 aliphatic rings. The number of carboxylic acid groups (broad SMARTS) is 1. The molecule has 0 radical (unpaired) electrons. The van der Waals surface area contributed by atoms with Gasteiger partial charge in [0, 0.05) is 6.54 Å². The van der Waals surface area contributed by atoms with Crippen molar-refractivity contribution in [3.8, 4) is 0 Å². The number of carbonyl (C=O) groups is 2. The number of carbonyl (C=O) groups excluding carboxylic acids is 1. The highest BCUT2D eigenvalue weighted by Gasteiger charge is 2.39. The van der Waals surface area contributed by atoms with Crippen LogP contribution >= 0.6 is 0 Å². The summed E-state index contributed by atoms with van der Waals surface area (Å²) in [7, 11) is -2.56. The number of methoxy groups -OCH3 is 1. The number of hydrogen-bond donors (Lipinski definition) is 1. The van der Waals surface area contributed by atoms with Crippen LogP contribution in [0.25, 0.3) is 0 Å². The minimum absolute atomic E-state index is 0.0165. The Labute approximate surface area is 133 Å². The van der Waals surface area contributed by atoms with Gasteiger partial charge < -0.3 is 9.84 Å². The van der Waals surface area contributed by atoms with Gasteiger partial charge in [0.05, 0.1) is 43.3 Å². The second-order valence-electron chi connectivity index (χ2n) is 6.00. The summed E-state index contributed by atoms with van der Waals surface area (Å²) >= 11 is 0.